The van der Waals surface area contributed by atoms with Crippen molar-refractivity contribution in [3.8, 4) is 6.07 Å². The molecule has 30 heavy (non-hydrogen) atoms. The van der Waals surface area contributed by atoms with Crippen LogP contribution in [0.4, 0.5) is 4.39 Å². The van der Waals surface area contributed by atoms with Crippen molar-refractivity contribution in [1.82, 2.24) is 0 Å². The third-order valence-corrected chi connectivity index (χ3v) is 6.94. The summed E-state index contributed by atoms with van der Waals surface area (Å²) in [7, 11) is -3.97. The molecular weight excluding hydrogens is 407 g/mol. The minimum atomic E-state index is -3.97. The number of sulfone groups is 1. The van der Waals surface area contributed by atoms with Crippen LogP contribution in [0.25, 0.3) is 0 Å². The highest BCUT2D eigenvalue weighted by atomic mass is 32.2. The zero-order valence-electron chi connectivity index (χ0n) is 15.8. The van der Waals surface area contributed by atoms with Gasteiger partial charge in [0.25, 0.3) is 0 Å². The molecule has 4 rings (SSSR count). The molecular formula is C22H17FN2O4S. The first-order chi connectivity index (χ1) is 14.3. The highest BCUT2D eigenvalue weighted by Gasteiger charge is 2.32. The number of aliphatic imine (C=N–C) groups is 1. The third kappa shape index (κ3) is 3.76. The molecule has 0 unspecified atom stereocenters. The van der Waals surface area contributed by atoms with Crippen LogP contribution >= 0.6 is 0 Å². The maximum absolute atomic E-state index is 14.2. The molecule has 0 atom stereocenters. The average molecular weight is 424 g/mol. The van der Waals surface area contributed by atoms with E-state index in [0.29, 0.717) is 23.3 Å². The van der Waals surface area contributed by atoms with Crippen molar-refractivity contribution >= 4 is 21.5 Å². The van der Waals surface area contributed by atoms with Crippen LogP contribution in [0.5, 0.6) is 0 Å². The van der Waals surface area contributed by atoms with E-state index in [4.69, 9.17) is 0 Å². The monoisotopic (exact) mass is 424 g/mol. The van der Waals surface area contributed by atoms with Gasteiger partial charge in [0.1, 0.15) is 11.9 Å². The first kappa shape index (κ1) is 20.0. The first-order valence-electron chi connectivity index (χ1n) is 9.34. The Hall–Kier alpha value is -3.31. The first-order valence-corrected chi connectivity index (χ1v) is 11.0. The summed E-state index contributed by atoms with van der Waals surface area (Å²) < 4.78 is 41.0. The number of carboxylic acids is 1. The minimum Gasteiger partial charge on any atom is -0.478 e. The molecule has 1 fully saturated rings. The van der Waals surface area contributed by atoms with Gasteiger partial charge in [-0.2, -0.15) is 5.26 Å². The van der Waals surface area contributed by atoms with Crippen molar-refractivity contribution in [2.24, 2.45) is 4.99 Å². The van der Waals surface area contributed by atoms with Crippen LogP contribution in [0.15, 0.2) is 52.5 Å². The van der Waals surface area contributed by atoms with E-state index in [9.17, 15) is 28.0 Å². The summed E-state index contributed by atoms with van der Waals surface area (Å²) in [6.45, 7) is 0. The Morgan fingerprint density at radius 2 is 2.03 bits per heavy atom. The van der Waals surface area contributed by atoms with E-state index in [1.54, 1.807) is 24.4 Å². The van der Waals surface area contributed by atoms with Crippen LogP contribution < -0.4 is 0 Å². The number of nitriles is 1. The molecule has 1 N–H and O–H groups in total. The fourth-order valence-corrected chi connectivity index (χ4v) is 5.29. The lowest BCUT2D eigenvalue weighted by Gasteiger charge is -2.14. The molecule has 2 aromatic rings. The quantitative estimate of drug-likeness (QED) is 0.755. The second-order valence-corrected chi connectivity index (χ2v) is 9.31. The second-order valence-electron chi connectivity index (χ2n) is 7.36. The summed E-state index contributed by atoms with van der Waals surface area (Å²) in [4.78, 5) is 15.5. The van der Waals surface area contributed by atoms with Gasteiger partial charge in [-0.05, 0) is 54.2 Å². The van der Waals surface area contributed by atoms with Crippen molar-refractivity contribution in [1.29, 1.82) is 5.26 Å². The highest BCUT2D eigenvalue weighted by Crippen LogP contribution is 2.43. The molecule has 2 aliphatic rings. The van der Waals surface area contributed by atoms with Crippen LogP contribution in [-0.4, -0.2) is 25.2 Å². The predicted molar refractivity (Wildman–Crippen MR) is 108 cm³/mol. The van der Waals surface area contributed by atoms with Gasteiger partial charge in [0, 0.05) is 18.2 Å². The standard InChI is InChI=1S/C22H17FN2O4S/c23-19-10-18(20-2-1-7-25-20)16(8-15(19)11-24)12-30(28,29)21-9-14(22(26)27)5-6-17(21)13-3-4-13/h1,5-10,13H,2-4,12H2,(H,26,27). The lowest BCUT2D eigenvalue weighted by molar-refractivity contribution is 0.0696. The lowest BCUT2D eigenvalue weighted by atomic mass is 9.99. The van der Waals surface area contributed by atoms with Gasteiger partial charge in [0.05, 0.1) is 27.5 Å². The molecule has 0 spiro atoms. The summed E-state index contributed by atoms with van der Waals surface area (Å²) in [5.41, 5.74) is 1.35. The Morgan fingerprint density at radius 3 is 2.63 bits per heavy atom. The molecule has 1 heterocycles. The third-order valence-electron chi connectivity index (χ3n) is 5.23. The van der Waals surface area contributed by atoms with E-state index in [1.807, 2.05) is 0 Å². The predicted octanol–water partition coefficient (Wildman–Crippen LogP) is 3.95. The second kappa shape index (κ2) is 7.50. The van der Waals surface area contributed by atoms with Crippen molar-refractivity contribution in [2.75, 3.05) is 0 Å². The van der Waals surface area contributed by atoms with E-state index in [0.717, 1.165) is 18.9 Å². The SMILES string of the molecule is N#Cc1cc(CS(=O)(=O)c2cc(C(=O)O)ccc2C2CC2)c(C2=NC=CC2)cc1F. The molecule has 1 aliphatic heterocycles. The normalized spacial score (nSPS) is 15.7. The number of carbonyl (C=O) groups is 1. The van der Waals surface area contributed by atoms with Gasteiger partial charge in [-0.25, -0.2) is 17.6 Å². The fraction of sp³-hybridized carbons (Fsp3) is 0.227. The van der Waals surface area contributed by atoms with Crippen LogP contribution in [0.1, 0.15) is 57.8 Å². The molecule has 0 radical (unpaired) electrons. The molecule has 6 nitrogen and oxygen atoms in total. The lowest BCUT2D eigenvalue weighted by Crippen LogP contribution is -2.13. The van der Waals surface area contributed by atoms with E-state index < -0.39 is 27.4 Å². The van der Waals surface area contributed by atoms with Crippen LogP contribution in [0.3, 0.4) is 0 Å². The van der Waals surface area contributed by atoms with Gasteiger partial charge >= 0.3 is 5.97 Å². The number of hydrogen-bond acceptors (Lipinski definition) is 5. The molecule has 0 amide bonds. The van der Waals surface area contributed by atoms with Crippen molar-refractivity contribution in [3.05, 3.63) is 76.2 Å². The van der Waals surface area contributed by atoms with Gasteiger partial charge in [0.15, 0.2) is 9.84 Å². The number of rotatable bonds is 6. The van der Waals surface area contributed by atoms with E-state index >= 15 is 0 Å². The maximum Gasteiger partial charge on any atom is 0.335 e. The largest absolute Gasteiger partial charge is 0.478 e. The van der Waals surface area contributed by atoms with Gasteiger partial charge in [-0.1, -0.05) is 12.1 Å². The number of nitrogens with zero attached hydrogens (tertiary/aromatic N) is 2. The van der Waals surface area contributed by atoms with Gasteiger partial charge in [0.2, 0.25) is 0 Å². The summed E-state index contributed by atoms with van der Waals surface area (Å²) in [6.07, 6.45) is 5.45. The Labute approximate surface area is 172 Å². The van der Waals surface area contributed by atoms with Crippen LogP contribution in [-0.2, 0) is 15.6 Å². The van der Waals surface area contributed by atoms with E-state index in [-0.39, 0.29) is 27.5 Å². The summed E-state index contributed by atoms with van der Waals surface area (Å²) in [5.74, 6) is -2.35. The van der Waals surface area contributed by atoms with Crippen molar-refractivity contribution < 1.29 is 22.7 Å². The molecule has 0 saturated heterocycles. The zero-order chi connectivity index (χ0) is 21.5. The topological polar surface area (TPSA) is 108 Å². The number of hydrogen-bond donors (Lipinski definition) is 1. The molecule has 0 bridgehead atoms. The number of aromatic carboxylic acids is 1. The number of carboxylic acid groups (broad SMARTS) is 1. The minimum absolute atomic E-state index is 0.0230. The number of allylic oxidation sites excluding steroid dienone is 1. The molecule has 1 saturated carbocycles. The molecule has 2 aromatic carbocycles. The van der Waals surface area contributed by atoms with E-state index in [1.165, 1.54) is 18.2 Å². The van der Waals surface area contributed by atoms with Gasteiger partial charge in [-0.3, -0.25) is 4.99 Å². The number of benzene rings is 2. The zero-order valence-corrected chi connectivity index (χ0v) is 16.6. The Balaban J connectivity index is 1.82. The van der Waals surface area contributed by atoms with Gasteiger partial charge in [-0.15, -0.1) is 0 Å². The molecule has 152 valence electrons. The Morgan fingerprint density at radius 1 is 1.27 bits per heavy atom. The summed E-state index contributed by atoms with van der Waals surface area (Å²) in [5, 5.41) is 18.5. The molecule has 1 aliphatic carbocycles. The van der Waals surface area contributed by atoms with Gasteiger partial charge < -0.3 is 5.11 Å². The Kier molecular flexibility index (Phi) is 5.00. The smallest absolute Gasteiger partial charge is 0.335 e. The fourth-order valence-electron chi connectivity index (χ4n) is 3.58. The van der Waals surface area contributed by atoms with Crippen LogP contribution in [0.2, 0.25) is 0 Å². The molecule has 8 heteroatoms. The van der Waals surface area contributed by atoms with Crippen LogP contribution in [0, 0.1) is 17.1 Å². The summed E-state index contributed by atoms with van der Waals surface area (Å²) >= 11 is 0. The Bertz CT molecular complexity index is 1270. The highest BCUT2D eigenvalue weighted by molar-refractivity contribution is 7.90. The average Bonchev–Trinajstić information content (AvgIpc) is 3.42. The number of halogens is 1. The van der Waals surface area contributed by atoms with E-state index in [2.05, 4.69) is 4.99 Å². The molecule has 0 aromatic heterocycles. The van der Waals surface area contributed by atoms with Crippen molar-refractivity contribution in [2.45, 2.75) is 35.8 Å². The van der Waals surface area contributed by atoms with Crippen molar-refractivity contribution in [3.63, 3.8) is 0 Å². The summed E-state index contributed by atoms with van der Waals surface area (Å²) in [6, 6.07) is 8.28. The maximum atomic E-state index is 14.2.